The van der Waals surface area contributed by atoms with Crippen LogP contribution < -0.4 is 0 Å². The number of ether oxygens (including phenoxy) is 2. The van der Waals surface area contributed by atoms with Gasteiger partial charge in [0.2, 0.25) is 0 Å². The smallest absolute Gasteiger partial charge is 0.412 e. The highest BCUT2D eigenvalue weighted by Crippen LogP contribution is 2.34. The summed E-state index contributed by atoms with van der Waals surface area (Å²) in [6.07, 6.45) is -0.440. The maximum atomic E-state index is 12.4. The molecular formula is C15H25NO4. The molecule has 5 heteroatoms. The summed E-state index contributed by atoms with van der Waals surface area (Å²) in [4.78, 5) is 14.0. The average molecular weight is 283 g/mol. The molecule has 20 heavy (non-hydrogen) atoms. The Bertz CT molecular complexity index is 414. The highest BCUT2D eigenvalue weighted by molar-refractivity contribution is 5.70. The van der Waals surface area contributed by atoms with Gasteiger partial charge in [0.25, 0.3) is 0 Å². The Labute approximate surface area is 121 Å². The topological polar surface area (TPSA) is 59.0 Å². The van der Waals surface area contributed by atoms with Crippen molar-refractivity contribution in [3.8, 4) is 11.8 Å². The Balaban J connectivity index is 3.01. The van der Waals surface area contributed by atoms with Gasteiger partial charge < -0.3 is 14.6 Å². The van der Waals surface area contributed by atoms with E-state index in [0.717, 1.165) is 0 Å². The summed E-state index contributed by atoms with van der Waals surface area (Å²) in [6, 6.07) is -0.308. The first-order valence-corrected chi connectivity index (χ1v) is 6.83. The molecular weight excluding hydrogens is 258 g/mol. The molecule has 0 aromatic rings. The molecule has 1 fully saturated rings. The summed E-state index contributed by atoms with van der Waals surface area (Å²) >= 11 is 0. The Hall–Kier alpha value is -1.25. The van der Waals surface area contributed by atoms with Crippen molar-refractivity contribution >= 4 is 6.09 Å². The first-order valence-electron chi connectivity index (χ1n) is 6.83. The van der Waals surface area contributed by atoms with Crippen molar-refractivity contribution in [3.63, 3.8) is 0 Å². The minimum atomic E-state index is -0.824. The molecule has 2 atom stereocenters. The van der Waals surface area contributed by atoms with Crippen molar-refractivity contribution in [2.24, 2.45) is 0 Å². The number of carbonyl (C=O) groups excluding carboxylic acids is 1. The lowest BCUT2D eigenvalue weighted by Crippen LogP contribution is -2.50. The maximum Gasteiger partial charge on any atom is 0.412 e. The van der Waals surface area contributed by atoms with E-state index in [4.69, 9.17) is 9.47 Å². The van der Waals surface area contributed by atoms with Gasteiger partial charge in [-0.25, -0.2) is 4.79 Å². The van der Waals surface area contributed by atoms with E-state index < -0.39 is 23.5 Å². The van der Waals surface area contributed by atoms with Crippen LogP contribution in [0.1, 0.15) is 48.0 Å². The Morgan fingerprint density at radius 2 is 2.05 bits per heavy atom. The van der Waals surface area contributed by atoms with Crippen LogP contribution in [0.5, 0.6) is 0 Å². The third-order valence-corrected chi connectivity index (χ3v) is 3.04. The highest BCUT2D eigenvalue weighted by Gasteiger charge is 2.50. The molecule has 0 aliphatic carbocycles. The second-order valence-electron chi connectivity index (χ2n) is 6.33. The van der Waals surface area contributed by atoms with E-state index in [1.165, 1.54) is 0 Å². The molecule has 1 rings (SSSR count). The molecule has 1 saturated heterocycles. The molecule has 1 N–H and O–H groups in total. The van der Waals surface area contributed by atoms with Crippen molar-refractivity contribution in [2.75, 3.05) is 6.61 Å². The van der Waals surface area contributed by atoms with Gasteiger partial charge in [0, 0.05) is 6.42 Å². The van der Waals surface area contributed by atoms with Gasteiger partial charge >= 0.3 is 6.09 Å². The molecule has 0 radical (unpaired) electrons. The van der Waals surface area contributed by atoms with E-state index in [-0.39, 0.29) is 12.6 Å². The van der Waals surface area contributed by atoms with Gasteiger partial charge in [0.05, 0.1) is 12.6 Å². The first-order chi connectivity index (χ1) is 9.12. The number of carbonyl (C=O) groups is 1. The van der Waals surface area contributed by atoms with Crippen molar-refractivity contribution < 1.29 is 19.4 Å². The number of nitrogens with zero attached hydrogens (tertiary/aromatic N) is 1. The van der Waals surface area contributed by atoms with Crippen molar-refractivity contribution in [3.05, 3.63) is 0 Å². The Morgan fingerprint density at radius 1 is 1.45 bits per heavy atom. The average Bonchev–Trinajstić information content (AvgIpc) is 2.54. The summed E-state index contributed by atoms with van der Waals surface area (Å²) in [5.41, 5.74) is -1.40. The van der Waals surface area contributed by atoms with E-state index in [1.54, 1.807) is 25.7 Å². The molecule has 0 saturated carbocycles. The van der Waals surface area contributed by atoms with Crippen LogP contribution in [-0.4, -0.2) is 46.2 Å². The third kappa shape index (κ3) is 3.87. The molecule has 0 spiro atoms. The zero-order valence-electron chi connectivity index (χ0n) is 13.2. The molecule has 114 valence electrons. The maximum absolute atomic E-state index is 12.4. The molecule has 0 bridgehead atoms. The van der Waals surface area contributed by atoms with Crippen LogP contribution in [0.2, 0.25) is 0 Å². The fraction of sp³-hybridized carbons (Fsp3) is 0.800. The molecule has 1 aliphatic rings. The van der Waals surface area contributed by atoms with E-state index in [2.05, 4.69) is 11.8 Å². The minimum Gasteiger partial charge on any atom is -0.444 e. The van der Waals surface area contributed by atoms with Crippen LogP contribution in [0.3, 0.4) is 0 Å². The zero-order chi connectivity index (χ0) is 15.6. The predicted octanol–water partition coefficient (Wildman–Crippen LogP) is 2.13. The largest absolute Gasteiger partial charge is 0.444 e. The first kappa shape index (κ1) is 16.8. The van der Waals surface area contributed by atoms with Crippen molar-refractivity contribution in [1.29, 1.82) is 0 Å². The number of aliphatic hydroxyl groups is 1. The Kier molecular flexibility index (Phi) is 5.06. The van der Waals surface area contributed by atoms with Gasteiger partial charge in [-0.05, 0) is 41.5 Å². The van der Waals surface area contributed by atoms with Gasteiger partial charge in [-0.2, -0.15) is 0 Å². The van der Waals surface area contributed by atoms with Crippen molar-refractivity contribution in [2.45, 2.75) is 71.4 Å². The number of hydrogen-bond donors (Lipinski definition) is 1. The number of aliphatic hydroxyl groups excluding tert-OH is 1. The summed E-state index contributed by atoms with van der Waals surface area (Å²) in [7, 11) is 0. The van der Waals surface area contributed by atoms with E-state index in [9.17, 15) is 9.90 Å². The SMILES string of the molecule is CC#CC[C@H]1[C@@H](CO)OC(C)(C)N1C(=O)OC(C)(C)C. The second kappa shape index (κ2) is 6.02. The third-order valence-electron chi connectivity index (χ3n) is 3.04. The van der Waals surface area contributed by atoms with Crippen LogP contribution in [-0.2, 0) is 9.47 Å². The summed E-state index contributed by atoms with van der Waals surface area (Å²) in [5.74, 6) is 5.76. The van der Waals surface area contributed by atoms with Crippen LogP contribution >= 0.6 is 0 Å². The number of hydrogen-bond acceptors (Lipinski definition) is 4. The summed E-state index contributed by atoms with van der Waals surface area (Å²) < 4.78 is 11.2. The summed E-state index contributed by atoms with van der Waals surface area (Å²) in [5, 5.41) is 9.45. The fourth-order valence-corrected chi connectivity index (χ4v) is 2.33. The van der Waals surface area contributed by atoms with Gasteiger partial charge in [-0.3, -0.25) is 4.90 Å². The zero-order valence-corrected chi connectivity index (χ0v) is 13.2. The molecule has 5 nitrogen and oxygen atoms in total. The number of amides is 1. The van der Waals surface area contributed by atoms with Crippen LogP contribution in [0.4, 0.5) is 4.79 Å². The molecule has 0 aromatic carbocycles. The second-order valence-corrected chi connectivity index (χ2v) is 6.33. The fourth-order valence-electron chi connectivity index (χ4n) is 2.33. The molecule has 1 aliphatic heterocycles. The molecule has 0 unspecified atom stereocenters. The summed E-state index contributed by atoms with van der Waals surface area (Å²) in [6.45, 7) is 10.6. The van der Waals surface area contributed by atoms with Crippen LogP contribution in [0.15, 0.2) is 0 Å². The van der Waals surface area contributed by atoms with Crippen molar-refractivity contribution in [1.82, 2.24) is 4.90 Å². The number of rotatable bonds is 2. The molecule has 1 amide bonds. The van der Waals surface area contributed by atoms with Crippen LogP contribution in [0, 0.1) is 11.8 Å². The molecule has 0 aromatic heterocycles. The minimum absolute atomic E-state index is 0.154. The highest BCUT2D eigenvalue weighted by atomic mass is 16.6. The van der Waals surface area contributed by atoms with Gasteiger partial charge in [0.15, 0.2) is 0 Å². The van der Waals surface area contributed by atoms with Gasteiger partial charge in [0.1, 0.15) is 17.4 Å². The Morgan fingerprint density at radius 3 is 2.50 bits per heavy atom. The van der Waals surface area contributed by atoms with E-state index >= 15 is 0 Å². The predicted molar refractivity (Wildman–Crippen MR) is 76.0 cm³/mol. The standard InChI is InChI=1S/C15H25NO4/c1-7-8-9-11-12(10-17)19-15(5,6)16(11)13(18)20-14(2,3)4/h11-12,17H,9-10H2,1-6H3/t11-,12+/m0/s1. The lowest BCUT2D eigenvalue weighted by Gasteiger charge is -2.34. The monoisotopic (exact) mass is 283 g/mol. The van der Waals surface area contributed by atoms with E-state index in [1.807, 2.05) is 20.8 Å². The quantitative estimate of drug-likeness (QED) is 0.789. The normalized spacial score (nSPS) is 25.1. The van der Waals surface area contributed by atoms with Crippen LogP contribution in [0.25, 0.3) is 0 Å². The van der Waals surface area contributed by atoms with Gasteiger partial charge in [-0.1, -0.05) is 0 Å². The molecule has 1 heterocycles. The lowest BCUT2D eigenvalue weighted by atomic mass is 10.1. The van der Waals surface area contributed by atoms with Gasteiger partial charge in [-0.15, -0.1) is 11.8 Å². The van der Waals surface area contributed by atoms with E-state index in [0.29, 0.717) is 6.42 Å². The lowest BCUT2D eigenvalue weighted by molar-refractivity contribution is -0.0865.